The summed E-state index contributed by atoms with van der Waals surface area (Å²) in [6.45, 7) is 1.32. The summed E-state index contributed by atoms with van der Waals surface area (Å²) >= 11 is 5.16. The van der Waals surface area contributed by atoms with Crippen molar-refractivity contribution in [1.82, 2.24) is 0 Å². The second kappa shape index (κ2) is 9.70. The van der Waals surface area contributed by atoms with Crippen molar-refractivity contribution in [2.45, 2.75) is 36.1 Å². The molecule has 4 N–H and O–H groups in total. The van der Waals surface area contributed by atoms with E-state index in [1.165, 1.54) is 6.92 Å². The zero-order valence-electron chi connectivity index (χ0n) is 16.7. The summed E-state index contributed by atoms with van der Waals surface area (Å²) in [5, 5.41) is -1.21. The predicted molar refractivity (Wildman–Crippen MR) is 113 cm³/mol. The molecular weight excluding hydrogens is 471 g/mol. The van der Waals surface area contributed by atoms with E-state index in [0.717, 1.165) is 6.07 Å². The molecule has 1 saturated carbocycles. The fourth-order valence-corrected chi connectivity index (χ4v) is 4.74. The van der Waals surface area contributed by atoms with Gasteiger partial charge in [0.15, 0.2) is 15.8 Å². The van der Waals surface area contributed by atoms with E-state index in [2.05, 4.69) is 4.99 Å². The Kier molecular flexibility index (Phi) is 7.68. The Morgan fingerprint density at radius 2 is 1.66 bits per heavy atom. The number of aliphatic imine (C=N–C) groups is 1. The molecule has 2 aromatic rings. The number of sulfone groups is 1. The number of hydrogen-bond acceptors (Lipinski definition) is 4. The van der Waals surface area contributed by atoms with Gasteiger partial charge in [0.25, 0.3) is 11.1 Å². The molecule has 32 heavy (non-hydrogen) atoms. The Balaban J connectivity index is 0.000000336. The van der Waals surface area contributed by atoms with Crippen LogP contribution < -0.4 is 11.5 Å². The second-order valence-electron chi connectivity index (χ2n) is 6.89. The molecule has 0 atom stereocenters. The molecule has 0 heterocycles. The average molecular weight is 490 g/mol. The summed E-state index contributed by atoms with van der Waals surface area (Å²) in [5.41, 5.74) is 8.88. The number of nitrogens with two attached hydrogens (primary N) is 2. The molecule has 1 aliphatic rings. The molecule has 0 bridgehead atoms. The smallest absolute Gasteiger partial charge is 0.370 e. The minimum Gasteiger partial charge on any atom is -0.370 e. The summed E-state index contributed by atoms with van der Waals surface area (Å²) in [6, 6.07) is 10.1. The number of nitrogens with zero attached hydrogens (tertiary/aromatic N) is 1. The van der Waals surface area contributed by atoms with Crippen LogP contribution >= 0.6 is 11.6 Å². The highest BCUT2D eigenvalue weighted by atomic mass is 35.5. The van der Waals surface area contributed by atoms with E-state index in [-0.39, 0.29) is 5.56 Å². The van der Waals surface area contributed by atoms with Crippen LogP contribution in [0, 0.1) is 6.92 Å². The van der Waals surface area contributed by atoms with E-state index < -0.39 is 54.4 Å². The molecule has 0 aliphatic heterocycles. The number of carbonyl (C=O) groups excluding carboxylic acids is 2. The quantitative estimate of drug-likeness (QED) is 0.384. The maximum Gasteiger partial charge on any atom is 0.417 e. The van der Waals surface area contributed by atoms with Crippen LogP contribution in [0.25, 0.3) is 0 Å². The van der Waals surface area contributed by atoms with E-state index >= 15 is 0 Å². The first-order chi connectivity index (χ1) is 14.7. The number of guanidine groups is 1. The first-order valence-electron chi connectivity index (χ1n) is 9.09. The number of halogens is 4. The third-order valence-corrected chi connectivity index (χ3v) is 6.88. The SMILES string of the molecule is Cc1cc(S(=O)(=O)C2CC2)c(C(F)(F)F)cc1C(=O)N=C(N)N.O=C(Cl)c1ccccc1. The lowest BCUT2D eigenvalue weighted by atomic mass is 10.0. The van der Waals surface area contributed by atoms with Gasteiger partial charge in [0, 0.05) is 11.1 Å². The van der Waals surface area contributed by atoms with Crippen LogP contribution in [0.5, 0.6) is 0 Å². The third kappa shape index (κ3) is 6.30. The summed E-state index contributed by atoms with van der Waals surface area (Å²) in [6.07, 6.45) is -4.28. The van der Waals surface area contributed by atoms with Crippen molar-refractivity contribution in [3.8, 4) is 0 Å². The van der Waals surface area contributed by atoms with Crippen LogP contribution in [-0.2, 0) is 16.0 Å². The van der Waals surface area contributed by atoms with E-state index in [0.29, 0.717) is 24.5 Å². The highest BCUT2D eigenvalue weighted by Crippen LogP contribution is 2.41. The first kappa shape index (κ1) is 25.3. The molecule has 1 fully saturated rings. The van der Waals surface area contributed by atoms with Gasteiger partial charge >= 0.3 is 6.18 Å². The van der Waals surface area contributed by atoms with Crippen LogP contribution in [0.1, 0.15) is 44.7 Å². The molecule has 3 rings (SSSR count). The Labute approximate surface area is 187 Å². The number of alkyl halides is 3. The van der Waals surface area contributed by atoms with E-state index in [4.69, 9.17) is 23.1 Å². The van der Waals surface area contributed by atoms with Gasteiger partial charge in [-0.15, -0.1) is 0 Å². The zero-order chi connectivity index (χ0) is 24.3. The van der Waals surface area contributed by atoms with Gasteiger partial charge in [0.05, 0.1) is 15.7 Å². The van der Waals surface area contributed by atoms with Gasteiger partial charge in [-0.2, -0.15) is 18.2 Å². The third-order valence-electron chi connectivity index (χ3n) is 4.36. The van der Waals surface area contributed by atoms with Gasteiger partial charge in [-0.1, -0.05) is 30.3 Å². The normalized spacial score (nSPS) is 13.5. The van der Waals surface area contributed by atoms with Crippen LogP contribution in [0.15, 0.2) is 52.4 Å². The van der Waals surface area contributed by atoms with Gasteiger partial charge < -0.3 is 11.5 Å². The highest BCUT2D eigenvalue weighted by molar-refractivity contribution is 7.92. The zero-order valence-corrected chi connectivity index (χ0v) is 18.3. The monoisotopic (exact) mass is 489 g/mol. The number of carbonyl (C=O) groups is 2. The predicted octanol–water partition coefficient (Wildman–Crippen LogP) is 3.43. The van der Waals surface area contributed by atoms with E-state index in [1.807, 2.05) is 6.07 Å². The number of aryl methyl sites for hydroxylation is 1. The standard InChI is InChI=1S/C13H14F3N3O3S.C7H5ClO/c1-6-4-10(23(21,22)7-2-3-7)9(13(14,15)16)5-8(6)11(20)19-12(17)18;8-7(9)6-4-2-1-3-5-6/h4-5,7H,2-3H2,1H3,(H4,17,18,19,20);1-5H. The van der Waals surface area contributed by atoms with Crippen molar-refractivity contribution in [1.29, 1.82) is 0 Å². The topological polar surface area (TPSA) is 133 Å². The maximum absolute atomic E-state index is 13.2. The fraction of sp³-hybridized carbons (Fsp3) is 0.250. The van der Waals surface area contributed by atoms with Crippen molar-refractivity contribution >= 4 is 38.5 Å². The van der Waals surface area contributed by atoms with Gasteiger partial charge in [-0.3, -0.25) is 9.59 Å². The fourth-order valence-electron chi connectivity index (χ4n) is 2.67. The molecule has 1 amide bonds. The largest absolute Gasteiger partial charge is 0.417 e. The molecule has 0 aromatic heterocycles. The number of amides is 1. The Morgan fingerprint density at radius 1 is 1.09 bits per heavy atom. The van der Waals surface area contributed by atoms with Crippen LogP contribution in [0.4, 0.5) is 13.2 Å². The number of benzene rings is 2. The van der Waals surface area contributed by atoms with Crippen molar-refractivity contribution in [3.63, 3.8) is 0 Å². The molecule has 1 aliphatic carbocycles. The van der Waals surface area contributed by atoms with Crippen molar-refractivity contribution in [3.05, 3.63) is 64.7 Å². The Morgan fingerprint density at radius 3 is 2.06 bits per heavy atom. The lowest BCUT2D eigenvalue weighted by molar-refractivity contribution is -0.139. The number of rotatable bonds is 4. The Bertz CT molecular complexity index is 1160. The maximum atomic E-state index is 13.2. The molecule has 12 heteroatoms. The van der Waals surface area contributed by atoms with Gasteiger partial charge in [0.2, 0.25) is 0 Å². The lowest BCUT2D eigenvalue weighted by Crippen LogP contribution is -2.24. The van der Waals surface area contributed by atoms with Crippen molar-refractivity contribution < 1.29 is 31.2 Å². The van der Waals surface area contributed by atoms with Crippen LogP contribution in [-0.4, -0.2) is 30.8 Å². The molecular formula is C20H19ClF3N3O4S. The minimum atomic E-state index is -4.93. The summed E-state index contributed by atoms with van der Waals surface area (Å²) in [7, 11) is -4.08. The minimum absolute atomic E-state index is 0.0484. The van der Waals surface area contributed by atoms with Gasteiger partial charge in [-0.25, -0.2) is 8.42 Å². The van der Waals surface area contributed by atoms with Crippen molar-refractivity contribution in [2.24, 2.45) is 16.5 Å². The molecule has 0 unspecified atom stereocenters. The number of hydrogen-bond donors (Lipinski definition) is 2. The molecule has 172 valence electrons. The molecule has 0 saturated heterocycles. The Hall–Kier alpha value is -2.92. The molecule has 0 spiro atoms. The first-order valence-corrected chi connectivity index (χ1v) is 11.0. The molecule has 7 nitrogen and oxygen atoms in total. The van der Waals surface area contributed by atoms with Crippen LogP contribution in [0.3, 0.4) is 0 Å². The lowest BCUT2D eigenvalue weighted by Gasteiger charge is -2.16. The highest BCUT2D eigenvalue weighted by Gasteiger charge is 2.44. The average Bonchev–Trinajstić information content (AvgIpc) is 3.53. The summed E-state index contributed by atoms with van der Waals surface area (Å²) < 4.78 is 64.2. The van der Waals surface area contributed by atoms with Gasteiger partial charge in [0.1, 0.15) is 0 Å². The molecule has 0 radical (unpaired) electrons. The second-order valence-corrected chi connectivity index (χ2v) is 9.43. The van der Waals surface area contributed by atoms with Gasteiger partial charge in [-0.05, 0) is 49.1 Å². The van der Waals surface area contributed by atoms with Crippen molar-refractivity contribution in [2.75, 3.05) is 0 Å². The van der Waals surface area contributed by atoms with Crippen LogP contribution in [0.2, 0.25) is 0 Å². The molecule has 2 aromatic carbocycles. The van der Waals surface area contributed by atoms with E-state index in [9.17, 15) is 31.2 Å². The summed E-state index contributed by atoms with van der Waals surface area (Å²) in [4.78, 5) is 24.6. The summed E-state index contributed by atoms with van der Waals surface area (Å²) in [5.74, 6) is -1.67. The van der Waals surface area contributed by atoms with E-state index in [1.54, 1.807) is 24.3 Å².